The first-order chi connectivity index (χ1) is 21.1. The van der Waals surface area contributed by atoms with Crippen molar-refractivity contribution in [2.75, 3.05) is 4.90 Å². The number of nitrogens with zero attached hydrogens (tertiary/aromatic N) is 3. The molecular weight excluding hydrogens is 522 g/mol. The van der Waals surface area contributed by atoms with Crippen molar-refractivity contribution in [3.63, 3.8) is 0 Å². The smallest absolute Gasteiger partial charge is 0.0548 e. The van der Waals surface area contributed by atoms with Crippen molar-refractivity contribution in [2.45, 2.75) is 13.8 Å². The molecule has 8 rings (SSSR count). The zero-order valence-electron chi connectivity index (χ0n) is 24.3. The quantitative estimate of drug-likeness (QED) is 0.207. The number of para-hydroxylation sites is 2. The summed E-state index contributed by atoms with van der Waals surface area (Å²) in [6.07, 6.45) is 2.17. The van der Waals surface area contributed by atoms with E-state index in [1.165, 1.54) is 49.5 Å². The van der Waals surface area contributed by atoms with Crippen LogP contribution in [0.1, 0.15) is 11.1 Å². The molecule has 0 aliphatic carbocycles. The topological polar surface area (TPSA) is 13.1 Å². The molecule has 2 heterocycles. The maximum absolute atomic E-state index is 2.41. The number of aromatic nitrogens is 2. The summed E-state index contributed by atoms with van der Waals surface area (Å²) in [4.78, 5) is 2.34. The van der Waals surface area contributed by atoms with Crippen molar-refractivity contribution in [3.05, 3.63) is 163 Å². The summed E-state index contributed by atoms with van der Waals surface area (Å²) < 4.78 is 4.69. The predicted molar refractivity (Wildman–Crippen MR) is 182 cm³/mol. The van der Waals surface area contributed by atoms with Gasteiger partial charge in [-0.1, -0.05) is 77.9 Å². The summed E-state index contributed by atoms with van der Waals surface area (Å²) in [5.41, 5.74) is 11.8. The van der Waals surface area contributed by atoms with Gasteiger partial charge in [-0.25, -0.2) is 0 Å². The van der Waals surface area contributed by atoms with E-state index in [1.54, 1.807) is 0 Å². The molecule has 0 unspecified atom stereocenters. The van der Waals surface area contributed by atoms with E-state index in [0.717, 1.165) is 22.7 Å². The molecular formula is C40H31N3. The van der Waals surface area contributed by atoms with Gasteiger partial charge in [0, 0.05) is 50.8 Å². The zero-order chi connectivity index (χ0) is 28.9. The second kappa shape index (κ2) is 10.1. The van der Waals surface area contributed by atoms with Crippen LogP contribution < -0.4 is 4.90 Å². The Morgan fingerprint density at radius 2 is 1.09 bits per heavy atom. The first-order valence-electron chi connectivity index (χ1n) is 14.8. The molecule has 0 saturated heterocycles. The highest BCUT2D eigenvalue weighted by molar-refractivity contribution is 6.13. The van der Waals surface area contributed by atoms with E-state index in [9.17, 15) is 0 Å². The van der Waals surface area contributed by atoms with Crippen LogP contribution in [0.15, 0.2) is 152 Å². The van der Waals surface area contributed by atoms with Gasteiger partial charge in [0.1, 0.15) is 0 Å². The first-order valence-corrected chi connectivity index (χ1v) is 14.8. The second-order valence-corrected chi connectivity index (χ2v) is 11.3. The van der Waals surface area contributed by atoms with E-state index >= 15 is 0 Å². The van der Waals surface area contributed by atoms with Crippen molar-refractivity contribution >= 4 is 49.8 Å². The number of benzene rings is 6. The van der Waals surface area contributed by atoms with Gasteiger partial charge >= 0.3 is 0 Å². The molecule has 0 saturated carbocycles. The van der Waals surface area contributed by atoms with Crippen LogP contribution in [0.5, 0.6) is 0 Å². The summed E-state index contributed by atoms with van der Waals surface area (Å²) in [7, 11) is 0. The summed E-state index contributed by atoms with van der Waals surface area (Å²) in [5.74, 6) is 0. The molecule has 0 aliphatic rings. The number of hydrogen-bond acceptors (Lipinski definition) is 1. The van der Waals surface area contributed by atoms with Gasteiger partial charge in [0.25, 0.3) is 0 Å². The third-order valence-corrected chi connectivity index (χ3v) is 8.45. The van der Waals surface area contributed by atoms with E-state index in [1.807, 2.05) is 0 Å². The van der Waals surface area contributed by atoms with Crippen LogP contribution in [0.3, 0.4) is 0 Å². The molecule has 6 aromatic carbocycles. The molecule has 3 heteroatoms. The fourth-order valence-electron chi connectivity index (χ4n) is 6.30. The molecule has 43 heavy (non-hydrogen) atoms. The minimum Gasteiger partial charge on any atom is -0.317 e. The largest absolute Gasteiger partial charge is 0.317 e. The molecule has 0 fully saturated rings. The van der Waals surface area contributed by atoms with E-state index < -0.39 is 0 Å². The SMILES string of the molecule is Cc1ccc(N(c2ccc(C)cc2)c2cccc(-n3c4ccccc4c4cc5c(ccn5-c5ccccc5)cc43)c2)cc1. The molecule has 0 N–H and O–H groups in total. The lowest BCUT2D eigenvalue weighted by Crippen LogP contribution is -2.10. The Labute approximate surface area is 251 Å². The number of anilines is 3. The third kappa shape index (κ3) is 4.29. The van der Waals surface area contributed by atoms with Gasteiger partial charge in [0.15, 0.2) is 0 Å². The molecule has 0 atom stereocenters. The average Bonchev–Trinajstić information content (AvgIpc) is 3.61. The van der Waals surface area contributed by atoms with Gasteiger partial charge in [0.05, 0.1) is 16.6 Å². The van der Waals surface area contributed by atoms with Crippen LogP contribution in [0.2, 0.25) is 0 Å². The van der Waals surface area contributed by atoms with Gasteiger partial charge < -0.3 is 14.0 Å². The van der Waals surface area contributed by atoms with Gasteiger partial charge in [-0.15, -0.1) is 0 Å². The van der Waals surface area contributed by atoms with Crippen LogP contribution in [0.4, 0.5) is 17.1 Å². The monoisotopic (exact) mass is 553 g/mol. The third-order valence-electron chi connectivity index (χ3n) is 8.45. The second-order valence-electron chi connectivity index (χ2n) is 11.3. The van der Waals surface area contributed by atoms with Gasteiger partial charge in [-0.05, 0) is 92.7 Å². The number of fused-ring (bicyclic) bond motifs is 4. The zero-order valence-corrected chi connectivity index (χ0v) is 24.3. The predicted octanol–water partition coefficient (Wildman–Crippen LogP) is 10.8. The van der Waals surface area contributed by atoms with Gasteiger partial charge in [-0.3, -0.25) is 0 Å². The lowest BCUT2D eigenvalue weighted by Gasteiger charge is -2.26. The van der Waals surface area contributed by atoms with Crippen molar-refractivity contribution in [1.82, 2.24) is 9.13 Å². The summed E-state index contributed by atoms with van der Waals surface area (Å²) in [5, 5.41) is 3.72. The Morgan fingerprint density at radius 1 is 0.442 bits per heavy atom. The molecule has 0 amide bonds. The highest BCUT2D eigenvalue weighted by atomic mass is 15.1. The first kappa shape index (κ1) is 25.2. The molecule has 0 spiro atoms. The molecule has 0 aliphatic heterocycles. The van der Waals surface area contributed by atoms with Crippen molar-refractivity contribution in [3.8, 4) is 11.4 Å². The van der Waals surface area contributed by atoms with E-state index in [-0.39, 0.29) is 0 Å². The van der Waals surface area contributed by atoms with Crippen LogP contribution in [-0.2, 0) is 0 Å². The molecule has 0 radical (unpaired) electrons. The molecule has 0 bridgehead atoms. The lowest BCUT2D eigenvalue weighted by atomic mass is 10.1. The van der Waals surface area contributed by atoms with Crippen LogP contribution in [-0.4, -0.2) is 9.13 Å². The Morgan fingerprint density at radius 3 is 1.81 bits per heavy atom. The Kier molecular flexibility index (Phi) is 5.90. The van der Waals surface area contributed by atoms with Crippen LogP contribution in [0.25, 0.3) is 44.1 Å². The fourth-order valence-corrected chi connectivity index (χ4v) is 6.30. The molecule has 2 aromatic heterocycles. The fraction of sp³-hybridized carbons (Fsp3) is 0.0500. The number of rotatable bonds is 5. The number of hydrogen-bond donors (Lipinski definition) is 0. The number of aryl methyl sites for hydroxylation is 2. The average molecular weight is 554 g/mol. The minimum atomic E-state index is 1.12. The highest BCUT2D eigenvalue weighted by Crippen LogP contribution is 2.39. The lowest BCUT2D eigenvalue weighted by molar-refractivity contribution is 1.13. The van der Waals surface area contributed by atoms with E-state index in [4.69, 9.17) is 0 Å². The molecule has 206 valence electrons. The molecule has 3 nitrogen and oxygen atoms in total. The maximum Gasteiger partial charge on any atom is 0.0548 e. The van der Waals surface area contributed by atoms with Crippen molar-refractivity contribution in [1.29, 1.82) is 0 Å². The standard InChI is InChI=1S/C40H31N3/c1-28-15-19-32(20-16-28)42(33-21-17-29(2)18-22-33)34-11-8-12-35(26-34)43-38-14-7-6-13-36(38)37-27-39-30(25-40(37)43)23-24-41(39)31-9-4-3-5-10-31/h3-27H,1-2H3. The summed E-state index contributed by atoms with van der Waals surface area (Å²) >= 11 is 0. The van der Waals surface area contributed by atoms with E-state index in [2.05, 4.69) is 180 Å². The normalized spacial score (nSPS) is 11.5. The van der Waals surface area contributed by atoms with Crippen LogP contribution >= 0.6 is 0 Å². The van der Waals surface area contributed by atoms with Crippen LogP contribution in [0, 0.1) is 13.8 Å². The van der Waals surface area contributed by atoms with Gasteiger partial charge in [0.2, 0.25) is 0 Å². The van der Waals surface area contributed by atoms with Crippen molar-refractivity contribution in [2.24, 2.45) is 0 Å². The highest BCUT2D eigenvalue weighted by Gasteiger charge is 2.17. The van der Waals surface area contributed by atoms with E-state index in [0.29, 0.717) is 0 Å². The van der Waals surface area contributed by atoms with Gasteiger partial charge in [-0.2, -0.15) is 0 Å². The Balaban J connectivity index is 1.34. The Bertz CT molecular complexity index is 2190. The minimum absolute atomic E-state index is 1.12. The summed E-state index contributed by atoms with van der Waals surface area (Å²) in [6.45, 7) is 4.27. The van der Waals surface area contributed by atoms with Crippen molar-refractivity contribution < 1.29 is 0 Å². The Hall–Kier alpha value is -5.54. The molecule has 8 aromatic rings. The maximum atomic E-state index is 2.41. The summed E-state index contributed by atoms with van der Waals surface area (Å²) in [6, 6.07) is 52.7.